The molecule has 2 amide bonds. The highest BCUT2D eigenvalue weighted by atomic mass is 35.5. The molecule has 3 aromatic rings. The molecule has 0 bridgehead atoms. The van der Waals surface area contributed by atoms with E-state index in [-0.39, 0.29) is 52.1 Å². The van der Waals surface area contributed by atoms with Gasteiger partial charge in [-0.05, 0) is 23.8 Å². The van der Waals surface area contributed by atoms with Crippen molar-refractivity contribution in [1.29, 1.82) is 0 Å². The van der Waals surface area contributed by atoms with Crippen molar-refractivity contribution in [2.75, 3.05) is 13.7 Å². The van der Waals surface area contributed by atoms with Gasteiger partial charge in [-0.2, -0.15) is 0 Å². The second-order valence-corrected chi connectivity index (χ2v) is 6.73. The van der Waals surface area contributed by atoms with Crippen molar-refractivity contribution in [3.8, 4) is 39.7 Å². The number of hydrogen-bond acceptors (Lipinski definition) is 8. The topological polar surface area (TPSA) is 154 Å². The van der Waals surface area contributed by atoms with Crippen LogP contribution in [0.3, 0.4) is 0 Å². The number of phenols is 2. The molecular weight excluding hydrogens is 430 g/mol. The molecule has 0 aliphatic carbocycles. The zero-order valence-electron chi connectivity index (χ0n) is 16.2. The van der Waals surface area contributed by atoms with Crippen molar-refractivity contribution in [3.05, 3.63) is 47.1 Å². The third-order valence-corrected chi connectivity index (χ3v) is 4.66. The Kier molecular flexibility index (Phi) is 6.63. The number of amides is 2. The summed E-state index contributed by atoms with van der Waals surface area (Å²) in [6.45, 7) is -0.0637. The summed E-state index contributed by atoms with van der Waals surface area (Å²) in [5, 5.41) is 34.9. The number of hydroxylamine groups is 1. The molecular formula is C20H18ClN3O7. The highest BCUT2D eigenvalue weighted by Crippen LogP contribution is 2.43. The zero-order chi connectivity index (χ0) is 22.5. The quantitative estimate of drug-likeness (QED) is 0.273. The molecule has 10 nitrogen and oxygen atoms in total. The van der Waals surface area contributed by atoms with Gasteiger partial charge in [0, 0.05) is 19.0 Å². The minimum atomic E-state index is -0.667. The number of phenolic OH excluding ortho intramolecular Hbond substituents is 2. The number of ether oxygens (including phenoxy) is 1. The number of halogens is 1. The largest absolute Gasteiger partial charge is 0.507 e. The number of hydrogen-bond donors (Lipinski definition) is 5. The molecule has 31 heavy (non-hydrogen) atoms. The summed E-state index contributed by atoms with van der Waals surface area (Å²) in [6.07, 6.45) is -0.154. The molecule has 0 fully saturated rings. The van der Waals surface area contributed by atoms with Crippen LogP contribution in [0.5, 0.6) is 17.2 Å². The molecule has 0 radical (unpaired) electrons. The smallest absolute Gasteiger partial charge is 0.274 e. The van der Waals surface area contributed by atoms with E-state index < -0.39 is 11.8 Å². The molecule has 0 unspecified atom stereocenters. The molecule has 1 heterocycles. The van der Waals surface area contributed by atoms with E-state index in [0.29, 0.717) is 11.3 Å². The standard InChI is InChI=1S/C20H18ClN3O7/c1-30-11-4-2-10(3-5-11)17-18(20(28)22-7-6-16(27)23-29)24-31-19(17)12-8-13(21)15(26)9-14(12)25/h2-5,8-9,25-26,29H,6-7H2,1H3,(H,22,28)(H,23,27). The lowest BCUT2D eigenvalue weighted by Crippen LogP contribution is -2.29. The van der Waals surface area contributed by atoms with Crippen LogP contribution in [0.1, 0.15) is 16.9 Å². The van der Waals surface area contributed by atoms with Gasteiger partial charge in [0.1, 0.15) is 17.2 Å². The van der Waals surface area contributed by atoms with Gasteiger partial charge in [0.15, 0.2) is 11.5 Å². The summed E-state index contributed by atoms with van der Waals surface area (Å²) in [4.78, 5) is 23.8. The zero-order valence-corrected chi connectivity index (χ0v) is 16.9. The van der Waals surface area contributed by atoms with E-state index in [1.807, 2.05) is 0 Å². The summed E-state index contributed by atoms with van der Waals surface area (Å²) in [5.74, 6) is -1.34. The van der Waals surface area contributed by atoms with Gasteiger partial charge in [-0.15, -0.1) is 0 Å². The average Bonchev–Trinajstić information content (AvgIpc) is 3.21. The summed E-state index contributed by atoms with van der Waals surface area (Å²) in [6, 6.07) is 9.01. The Hall–Kier alpha value is -3.76. The second-order valence-electron chi connectivity index (χ2n) is 6.33. The monoisotopic (exact) mass is 447 g/mol. The third kappa shape index (κ3) is 4.71. The van der Waals surface area contributed by atoms with Gasteiger partial charge < -0.3 is 24.8 Å². The molecule has 0 atom stereocenters. The summed E-state index contributed by atoms with van der Waals surface area (Å²) in [5.41, 5.74) is 2.26. The lowest BCUT2D eigenvalue weighted by Gasteiger charge is -2.09. The van der Waals surface area contributed by atoms with Gasteiger partial charge in [-0.1, -0.05) is 28.9 Å². The number of nitrogens with zero attached hydrogens (tertiary/aromatic N) is 1. The maximum absolute atomic E-state index is 12.7. The highest BCUT2D eigenvalue weighted by Gasteiger charge is 2.26. The van der Waals surface area contributed by atoms with E-state index in [0.717, 1.165) is 6.07 Å². The lowest BCUT2D eigenvalue weighted by molar-refractivity contribution is -0.129. The fourth-order valence-electron chi connectivity index (χ4n) is 2.82. The Bertz CT molecular complexity index is 1110. The number of benzene rings is 2. The highest BCUT2D eigenvalue weighted by molar-refractivity contribution is 6.32. The first-order chi connectivity index (χ1) is 14.8. The summed E-state index contributed by atoms with van der Waals surface area (Å²) in [7, 11) is 1.51. The molecule has 5 N–H and O–H groups in total. The number of nitrogens with one attached hydrogen (secondary N) is 2. The van der Waals surface area contributed by atoms with E-state index in [1.165, 1.54) is 18.7 Å². The molecule has 2 aromatic carbocycles. The number of rotatable bonds is 7. The van der Waals surface area contributed by atoms with Crippen LogP contribution >= 0.6 is 11.6 Å². The van der Waals surface area contributed by atoms with Crippen molar-refractivity contribution in [2.45, 2.75) is 6.42 Å². The van der Waals surface area contributed by atoms with Crippen molar-refractivity contribution in [3.63, 3.8) is 0 Å². The van der Waals surface area contributed by atoms with E-state index in [4.69, 9.17) is 26.1 Å². The first-order valence-corrected chi connectivity index (χ1v) is 9.30. The molecule has 3 rings (SSSR count). The van der Waals surface area contributed by atoms with Gasteiger partial charge in [0.25, 0.3) is 5.91 Å². The fraction of sp³-hybridized carbons (Fsp3) is 0.150. The molecule has 162 valence electrons. The molecule has 0 aliphatic rings. The van der Waals surface area contributed by atoms with E-state index in [1.54, 1.807) is 24.3 Å². The van der Waals surface area contributed by atoms with Gasteiger partial charge in [0.05, 0.1) is 23.3 Å². The van der Waals surface area contributed by atoms with E-state index in [2.05, 4.69) is 10.5 Å². The second kappa shape index (κ2) is 9.37. The van der Waals surface area contributed by atoms with Crippen LogP contribution in [0.4, 0.5) is 0 Å². The van der Waals surface area contributed by atoms with Crippen molar-refractivity contribution in [2.24, 2.45) is 0 Å². The van der Waals surface area contributed by atoms with Crippen LogP contribution in [0, 0.1) is 0 Å². The Balaban J connectivity index is 2.07. The molecule has 0 saturated heterocycles. The molecule has 0 aliphatic heterocycles. The van der Waals surface area contributed by atoms with Gasteiger partial charge in [-0.25, -0.2) is 5.48 Å². The fourth-order valence-corrected chi connectivity index (χ4v) is 2.98. The minimum Gasteiger partial charge on any atom is -0.507 e. The van der Waals surface area contributed by atoms with Crippen LogP contribution in [-0.2, 0) is 4.79 Å². The summed E-state index contributed by atoms with van der Waals surface area (Å²) < 4.78 is 10.5. The Morgan fingerprint density at radius 3 is 2.52 bits per heavy atom. The number of carbonyl (C=O) groups excluding carboxylic acids is 2. The van der Waals surface area contributed by atoms with Crippen LogP contribution in [-0.4, -0.2) is 46.0 Å². The van der Waals surface area contributed by atoms with Crippen LogP contribution in [0.15, 0.2) is 40.9 Å². The van der Waals surface area contributed by atoms with Gasteiger partial charge >= 0.3 is 0 Å². The number of aromatic nitrogens is 1. The first-order valence-electron chi connectivity index (χ1n) is 8.92. The predicted molar refractivity (Wildman–Crippen MR) is 109 cm³/mol. The van der Waals surface area contributed by atoms with Crippen molar-refractivity contribution in [1.82, 2.24) is 16.0 Å². The van der Waals surface area contributed by atoms with Crippen molar-refractivity contribution < 1.29 is 34.3 Å². The third-order valence-electron chi connectivity index (χ3n) is 4.36. The van der Waals surface area contributed by atoms with Crippen molar-refractivity contribution >= 4 is 23.4 Å². The van der Waals surface area contributed by atoms with Gasteiger partial charge in [0.2, 0.25) is 5.91 Å². The lowest BCUT2D eigenvalue weighted by atomic mass is 9.98. The number of aromatic hydroxyl groups is 2. The van der Waals surface area contributed by atoms with Crippen LogP contribution < -0.4 is 15.5 Å². The first kappa shape index (κ1) is 21.9. The predicted octanol–water partition coefficient (Wildman–Crippen LogP) is 2.71. The average molecular weight is 448 g/mol. The van der Waals surface area contributed by atoms with E-state index >= 15 is 0 Å². The normalized spacial score (nSPS) is 10.5. The number of carbonyl (C=O) groups is 2. The Morgan fingerprint density at radius 2 is 1.87 bits per heavy atom. The molecule has 0 saturated carbocycles. The Morgan fingerprint density at radius 1 is 1.16 bits per heavy atom. The SMILES string of the molecule is COc1ccc(-c2c(C(=O)NCCC(=O)NO)noc2-c2cc(Cl)c(O)cc2O)cc1. The van der Waals surface area contributed by atoms with E-state index in [9.17, 15) is 19.8 Å². The number of methoxy groups -OCH3 is 1. The van der Waals surface area contributed by atoms with Crippen LogP contribution in [0.2, 0.25) is 5.02 Å². The molecule has 11 heteroatoms. The maximum atomic E-state index is 12.7. The van der Waals surface area contributed by atoms with Gasteiger partial charge in [-0.3, -0.25) is 14.8 Å². The maximum Gasteiger partial charge on any atom is 0.274 e. The Labute approximate surface area is 181 Å². The summed E-state index contributed by atoms with van der Waals surface area (Å²) >= 11 is 5.98. The van der Waals surface area contributed by atoms with Crippen LogP contribution in [0.25, 0.3) is 22.5 Å². The molecule has 1 aromatic heterocycles. The minimum absolute atomic E-state index is 0.0362. The molecule has 0 spiro atoms.